The van der Waals surface area contributed by atoms with Crippen LogP contribution in [-0.4, -0.2) is 65.1 Å². The van der Waals surface area contributed by atoms with Gasteiger partial charge in [-0.15, -0.1) is 0 Å². The molecular weight excluding hydrogens is 574 g/mol. The number of esters is 1. The monoisotopic (exact) mass is 613 g/mol. The van der Waals surface area contributed by atoms with Gasteiger partial charge in [0.15, 0.2) is 0 Å². The lowest BCUT2D eigenvalue weighted by Crippen LogP contribution is -2.34. The number of imidazole rings is 1. The maximum absolute atomic E-state index is 13.7. The molecule has 0 fully saturated rings. The quantitative estimate of drug-likeness (QED) is 0.0923. The van der Waals surface area contributed by atoms with Crippen molar-refractivity contribution in [2.45, 2.75) is 39.7 Å². The highest BCUT2D eigenvalue weighted by Gasteiger charge is 2.22. The van der Waals surface area contributed by atoms with Gasteiger partial charge in [0.05, 0.1) is 37.2 Å². The highest BCUT2D eigenvalue weighted by Crippen LogP contribution is 2.23. The number of pyridine rings is 1. The van der Waals surface area contributed by atoms with E-state index in [2.05, 4.69) is 10.3 Å². The number of benzene rings is 2. The van der Waals surface area contributed by atoms with Crippen LogP contribution in [-0.2, 0) is 27.9 Å². The number of carbonyl (C=O) groups excluding carboxylic acids is 3. The average Bonchev–Trinajstić information content (AvgIpc) is 3.35. The fourth-order valence-electron chi connectivity index (χ4n) is 4.66. The Balaban J connectivity index is 1.46. The van der Waals surface area contributed by atoms with Gasteiger partial charge in [-0.1, -0.05) is 19.4 Å². The number of aryl methyl sites for hydroxylation is 1. The normalized spacial score (nSPS) is 10.8. The lowest BCUT2D eigenvalue weighted by molar-refractivity contribution is -0.142. The standard InChI is InChI=1S/C33H39N7O5/c1-5-7-20-45-33(43)37-31(34)23-11-14-25(15-12-23)38(3)22-29-36-26-21-24(13-16-27(26)39(29)4)32(42)40(19-17-30(41)44-6-2)28-10-8-9-18-35-28/h8-16,18,21H,5-7,17,19-20,22H2,1-4H3,(H2,34,37,43). The van der Waals surface area contributed by atoms with E-state index in [1.807, 2.05) is 48.7 Å². The van der Waals surface area contributed by atoms with Crippen LogP contribution in [0.1, 0.15) is 54.9 Å². The van der Waals surface area contributed by atoms with Crippen molar-refractivity contribution >= 4 is 46.3 Å². The average molecular weight is 614 g/mol. The Labute approximate surface area is 262 Å². The maximum atomic E-state index is 13.7. The summed E-state index contributed by atoms with van der Waals surface area (Å²) in [6, 6.07) is 17.9. The molecule has 0 atom stereocenters. The molecule has 12 heteroatoms. The van der Waals surface area contributed by atoms with E-state index < -0.39 is 6.09 Å². The Morgan fingerprint density at radius 2 is 1.76 bits per heavy atom. The summed E-state index contributed by atoms with van der Waals surface area (Å²) in [4.78, 5) is 50.2. The SMILES string of the molecule is CCCCOC(=O)NC(=N)c1ccc(N(C)Cc2nc3cc(C(=O)N(CCC(=O)OCC)c4ccccn4)ccc3n2C)cc1. The molecule has 0 aliphatic carbocycles. The Morgan fingerprint density at radius 1 is 1.00 bits per heavy atom. The zero-order chi connectivity index (χ0) is 32.3. The fraction of sp³-hybridized carbons (Fsp3) is 0.333. The van der Waals surface area contributed by atoms with Crippen LogP contribution in [0.15, 0.2) is 66.9 Å². The van der Waals surface area contributed by atoms with Crippen LogP contribution in [0, 0.1) is 5.41 Å². The molecule has 2 N–H and O–H groups in total. The molecule has 0 unspecified atom stereocenters. The molecule has 4 rings (SSSR count). The molecular formula is C33H39N7O5. The summed E-state index contributed by atoms with van der Waals surface area (Å²) in [5.74, 6) is 0.521. The molecule has 236 valence electrons. The zero-order valence-corrected chi connectivity index (χ0v) is 26.1. The van der Waals surface area contributed by atoms with Crippen LogP contribution < -0.4 is 15.1 Å². The number of amides is 2. The van der Waals surface area contributed by atoms with Crippen molar-refractivity contribution < 1.29 is 23.9 Å². The summed E-state index contributed by atoms with van der Waals surface area (Å²) in [5, 5.41) is 10.6. The van der Waals surface area contributed by atoms with Crippen molar-refractivity contribution in [3.63, 3.8) is 0 Å². The molecule has 0 aliphatic rings. The van der Waals surface area contributed by atoms with Crippen LogP contribution in [0.4, 0.5) is 16.3 Å². The van der Waals surface area contributed by atoms with Crippen LogP contribution >= 0.6 is 0 Å². The zero-order valence-electron chi connectivity index (χ0n) is 26.1. The predicted molar refractivity (Wildman–Crippen MR) is 173 cm³/mol. The van der Waals surface area contributed by atoms with Gasteiger partial charge in [-0.05, 0) is 67.9 Å². The minimum Gasteiger partial charge on any atom is -0.466 e. The largest absolute Gasteiger partial charge is 0.466 e. The van der Waals surface area contributed by atoms with Crippen LogP contribution in [0.3, 0.4) is 0 Å². The van der Waals surface area contributed by atoms with Gasteiger partial charge < -0.3 is 18.9 Å². The topological polar surface area (TPSA) is 143 Å². The summed E-state index contributed by atoms with van der Waals surface area (Å²) in [5.41, 5.74) is 3.41. The molecule has 2 heterocycles. The van der Waals surface area contributed by atoms with E-state index in [9.17, 15) is 14.4 Å². The van der Waals surface area contributed by atoms with Crippen molar-refractivity contribution in [2.75, 3.05) is 36.6 Å². The number of nitrogens with zero attached hydrogens (tertiary/aromatic N) is 5. The molecule has 0 radical (unpaired) electrons. The first-order chi connectivity index (χ1) is 21.7. The first-order valence-corrected chi connectivity index (χ1v) is 14.9. The number of rotatable bonds is 13. The van der Waals surface area contributed by atoms with Crippen molar-refractivity contribution in [1.29, 1.82) is 5.41 Å². The van der Waals surface area contributed by atoms with E-state index in [1.165, 1.54) is 4.90 Å². The second-order valence-corrected chi connectivity index (χ2v) is 10.4. The van der Waals surface area contributed by atoms with Crippen molar-refractivity contribution in [1.82, 2.24) is 19.9 Å². The van der Waals surface area contributed by atoms with Gasteiger partial charge in [0.2, 0.25) is 0 Å². The third-order valence-corrected chi connectivity index (χ3v) is 7.17. The molecule has 0 bridgehead atoms. The van der Waals surface area contributed by atoms with E-state index in [0.717, 1.165) is 29.9 Å². The van der Waals surface area contributed by atoms with Gasteiger partial charge in [0, 0.05) is 43.7 Å². The van der Waals surface area contributed by atoms with Crippen LogP contribution in [0.2, 0.25) is 0 Å². The number of amidine groups is 1. The van der Waals surface area contributed by atoms with E-state index in [1.54, 1.807) is 55.6 Å². The highest BCUT2D eigenvalue weighted by molar-refractivity contribution is 6.07. The molecule has 0 aliphatic heterocycles. The number of alkyl carbamates (subject to hydrolysis) is 1. The van der Waals surface area contributed by atoms with E-state index in [0.29, 0.717) is 35.6 Å². The highest BCUT2D eigenvalue weighted by atomic mass is 16.5. The second-order valence-electron chi connectivity index (χ2n) is 10.4. The summed E-state index contributed by atoms with van der Waals surface area (Å²) in [6.07, 6.45) is 2.70. The molecule has 0 spiro atoms. The Morgan fingerprint density at radius 3 is 2.44 bits per heavy atom. The van der Waals surface area contributed by atoms with E-state index in [-0.39, 0.29) is 37.3 Å². The maximum Gasteiger partial charge on any atom is 0.412 e. The Hall–Kier alpha value is -5.26. The predicted octanol–water partition coefficient (Wildman–Crippen LogP) is 5.06. The van der Waals surface area contributed by atoms with Gasteiger partial charge in [-0.3, -0.25) is 25.2 Å². The smallest absolute Gasteiger partial charge is 0.412 e. The third kappa shape index (κ3) is 8.43. The first kappa shape index (κ1) is 32.6. The number of fused-ring (bicyclic) bond motifs is 1. The molecule has 4 aromatic rings. The van der Waals surface area contributed by atoms with Gasteiger partial charge in [0.1, 0.15) is 17.5 Å². The number of carbonyl (C=O) groups is 3. The minimum atomic E-state index is -0.637. The molecule has 12 nitrogen and oxygen atoms in total. The van der Waals surface area contributed by atoms with Crippen LogP contribution in [0.5, 0.6) is 0 Å². The summed E-state index contributed by atoms with van der Waals surface area (Å²) < 4.78 is 12.1. The molecule has 2 amide bonds. The lowest BCUT2D eigenvalue weighted by Gasteiger charge is -2.21. The van der Waals surface area contributed by atoms with Gasteiger partial charge in [-0.25, -0.2) is 14.8 Å². The molecule has 45 heavy (non-hydrogen) atoms. The lowest BCUT2D eigenvalue weighted by atomic mass is 10.1. The third-order valence-electron chi connectivity index (χ3n) is 7.17. The molecule has 0 saturated heterocycles. The van der Waals surface area contributed by atoms with Crippen molar-refractivity contribution in [2.24, 2.45) is 7.05 Å². The van der Waals surface area contributed by atoms with Crippen molar-refractivity contribution in [3.05, 3.63) is 83.8 Å². The van der Waals surface area contributed by atoms with Crippen LogP contribution in [0.25, 0.3) is 11.0 Å². The number of nitrogens with one attached hydrogen (secondary N) is 2. The van der Waals surface area contributed by atoms with Gasteiger partial charge >= 0.3 is 12.1 Å². The first-order valence-electron chi connectivity index (χ1n) is 14.9. The number of anilines is 2. The number of ether oxygens (including phenoxy) is 2. The van der Waals surface area contributed by atoms with Crippen molar-refractivity contribution in [3.8, 4) is 0 Å². The molecule has 2 aromatic heterocycles. The molecule has 0 saturated carbocycles. The number of aromatic nitrogens is 3. The van der Waals surface area contributed by atoms with Gasteiger partial charge in [-0.2, -0.15) is 0 Å². The van der Waals surface area contributed by atoms with Gasteiger partial charge in [0.25, 0.3) is 5.91 Å². The second kappa shape index (κ2) is 15.5. The summed E-state index contributed by atoms with van der Waals surface area (Å²) in [6.45, 7) is 4.95. The minimum absolute atomic E-state index is 0.0334. The molecule has 2 aromatic carbocycles. The summed E-state index contributed by atoms with van der Waals surface area (Å²) in [7, 11) is 3.86. The number of hydrogen-bond donors (Lipinski definition) is 2. The Kier molecular flexibility index (Phi) is 11.2. The number of unbranched alkanes of at least 4 members (excludes halogenated alkanes) is 1. The number of hydrogen-bond acceptors (Lipinski definition) is 9. The van der Waals surface area contributed by atoms with E-state index >= 15 is 0 Å². The fourth-order valence-corrected chi connectivity index (χ4v) is 4.66. The Bertz CT molecular complexity index is 1640. The van der Waals surface area contributed by atoms with E-state index in [4.69, 9.17) is 19.9 Å². The summed E-state index contributed by atoms with van der Waals surface area (Å²) >= 11 is 0.